The first kappa shape index (κ1) is 17.9. The van der Waals surface area contributed by atoms with Gasteiger partial charge in [0.15, 0.2) is 6.10 Å². The van der Waals surface area contributed by atoms with Crippen LogP contribution in [0.1, 0.15) is 45.3 Å². The van der Waals surface area contributed by atoms with E-state index in [-0.39, 0.29) is 0 Å². The fourth-order valence-electron chi connectivity index (χ4n) is 2.39. The Morgan fingerprint density at radius 2 is 1.62 bits per heavy atom. The van der Waals surface area contributed by atoms with Crippen LogP contribution in [-0.2, 0) is 39.8 Å². The molecule has 0 aliphatic carbocycles. The number of carbonyl (C=O) groups excluding carboxylic acids is 3. The van der Waals surface area contributed by atoms with Gasteiger partial charge in [-0.15, -0.1) is 0 Å². The van der Waals surface area contributed by atoms with E-state index in [1.54, 1.807) is 6.07 Å². The number of hydrogen-bond donors (Lipinski definition) is 0. The summed E-state index contributed by atoms with van der Waals surface area (Å²) in [5.41, 5.74) is 0.352. The fourth-order valence-corrected chi connectivity index (χ4v) is 2.39. The summed E-state index contributed by atoms with van der Waals surface area (Å²) < 4.78 is 26.2. The van der Waals surface area contributed by atoms with E-state index in [0.29, 0.717) is 17.9 Å². The molecule has 0 spiro atoms. The average Bonchev–Trinajstić information content (AvgIpc) is 3.05. The molecular weight excluding hydrogens is 322 g/mol. The van der Waals surface area contributed by atoms with Gasteiger partial charge in [-0.2, -0.15) is 0 Å². The van der Waals surface area contributed by atoms with Gasteiger partial charge in [-0.1, -0.05) is 12.1 Å². The molecule has 24 heavy (non-hydrogen) atoms. The van der Waals surface area contributed by atoms with Gasteiger partial charge >= 0.3 is 17.9 Å². The quantitative estimate of drug-likeness (QED) is 0.572. The van der Waals surface area contributed by atoms with Crippen LogP contribution in [0.2, 0.25) is 0 Å². The molecule has 4 atom stereocenters. The fraction of sp³-hybridized carbons (Fsp3) is 0.600. The van der Waals surface area contributed by atoms with Gasteiger partial charge in [0.05, 0.1) is 0 Å². The van der Waals surface area contributed by atoms with Crippen molar-refractivity contribution >= 4 is 17.9 Å². The molecule has 0 amide bonds. The number of hydrogen-bond acceptors (Lipinski definition) is 9. The number of esters is 3. The molecule has 0 saturated carbocycles. The third-order valence-electron chi connectivity index (χ3n) is 3.27. The first-order valence-electron chi connectivity index (χ1n) is 7.44. The second kappa shape index (κ2) is 7.43. The van der Waals surface area contributed by atoms with Crippen molar-refractivity contribution in [3.05, 3.63) is 17.5 Å². The first-order valence-corrected chi connectivity index (χ1v) is 7.44. The molecule has 2 rings (SSSR count). The van der Waals surface area contributed by atoms with Gasteiger partial charge in [0.1, 0.15) is 17.6 Å². The molecule has 0 N–H and O–H groups in total. The predicted octanol–water partition coefficient (Wildman–Crippen LogP) is 1.06. The van der Waals surface area contributed by atoms with E-state index >= 15 is 0 Å². The van der Waals surface area contributed by atoms with Crippen LogP contribution >= 0.6 is 0 Å². The third kappa shape index (κ3) is 4.10. The molecule has 1 aliphatic rings. The second-order valence-electron chi connectivity index (χ2n) is 5.25. The van der Waals surface area contributed by atoms with Crippen molar-refractivity contribution in [3.8, 4) is 0 Å². The van der Waals surface area contributed by atoms with Crippen LogP contribution in [0.4, 0.5) is 0 Å². The minimum Gasteiger partial charge on any atom is -0.455 e. The minimum atomic E-state index is -1.22. The molecule has 0 radical (unpaired) electrons. The number of carbonyl (C=O) groups is 3. The van der Waals surface area contributed by atoms with Crippen molar-refractivity contribution in [1.82, 2.24) is 5.16 Å². The van der Waals surface area contributed by atoms with Crippen LogP contribution in [0.3, 0.4) is 0 Å². The summed E-state index contributed by atoms with van der Waals surface area (Å²) in [6.07, 6.45) is -3.64. The third-order valence-corrected chi connectivity index (χ3v) is 3.27. The van der Waals surface area contributed by atoms with Crippen LogP contribution < -0.4 is 0 Å². The monoisotopic (exact) mass is 341 g/mol. The standard InChI is InChI=1S/C15H19NO8/c1-5-10-6-11(16-24-10)12-13(20-7(2)17)14(21-8(3)18)15(23-12)22-9(4)19/h6,12-15H,5H2,1-4H3/t12-,13+,14+,15?/m0/s1. The van der Waals surface area contributed by atoms with Crippen LogP contribution in [0.25, 0.3) is 0 Å². The van der Waals surface area contributed by atoms with E-state index in [0.717, 1.165) is 0 Å². The largest absolute Gasteiger partial charge is 0.455 e. The zero-order valence-corrected chi connectivity index (χ0v) is 13.8. The highest BCUT2D eigenvalue weighted by atomic mass is 16.7. The molecule has 9 heteroatoms. The smallest absolute Gasteiger partial charge is 0.305 e. The van der Waals surface area contributed by atoms with E-state index in [4.69, 9.17) is 23.5 Å². The van der Waals surface area contributed by atoms with Crippen molar-refractivity contribution < 1.29 is 37.9 Å². The molecule has 132 valence electrons. The van der Waals surface area contributed by atoms with Crippen LogP contribution in [-0.4, -0.2) is 41.6 Å². The summed E-state index contributed by atoms with van der Waals surface area (Å²) in [6, 6.07) is 1.64. The number of ether oxygens (including phenoxy) is 4. The maximum Gasteiger partial charge on any atom is 0.305 e. The van der Waals surface area contributed by atoms with E-state index < -0.39 is 42.5 Å². The van der Waals surface area contributed by atoms with Gasteiger partial charge in [-0.25, -0.2) is 0 Å². The maximum absolute atomic E-state index is 11.4. The van der Waals surface area contributed by atoms with Gasteiger partial charge in [-0.05, 0) is 0 Å². The molecule has 0 bridgehead atoms. The zero-order chi connectivity index (χ0) is 17.9. The zero-order valence-electron chi connectivity index (χ0n) is 13.8. The van der Waals surface area contributed by atoms with E-state index in [1.165, 1.54) is 20.8 Å². The van der Waals surface area contributed by atoms with Gasteiger partial charge < -0.3 is 23.5 Å². The Hall–Kier alpha value is -2.42. The highest BCUT2D eigenvalue weighted by Gasteiger charge is 2.52. The molecule has 9 nitrogen and oxygen atoms in total. The summed E-state index contributed by atoms with van der Waals surface area (Å²) in [6.45, 7) is 5.47. The average molecular weight is 341 g/mol. The summed E-state index contributed by atoms with van der Waals surface area (Å²) in [4.78, 5) is 34.1. The Morgan fingerprint density at radius 1 is 1.04 bits per heavy atom. The van der Waals surface area contributed by atoms with Crippen molar-refractivity contribution in [2.75, 3.05) is 0 Å². The van der Waals surface area contributed by atoms with Crippen LogP contribution in [0.15, 0.2) is 10.6 Å². The van der Waals surface area contributed by atoms with Crippen molar-refractivity contribution in [2.24, 2.45) is 0 Å². The molecule has 1 unspecified atom stereocenters. The topological polar surface area (TPSA) is 114 Å². The molecule has 2 heterocycles. The van der Waals surface area contributed by atoms with Gasteiger partial charge in [0, 0.05) is 33.3 Å². The summed E-state index contributed by atoms with van der Waals surface area (Å²) >= 11 is 0. The SMILES string of the molecule is CCc1cc([C@@H]2OC(OC(C)=O)[C@H](OC(C)=O)[C@@H]2OC(C)=O)no1. The molecule has 1 aromatic rings. The minimum absolute atomic E-state index is 0.352. The normalized spacial score (nSPS) is 26.0. The Labute approximate surface area is 138 Å². The number of rotatable bonds is 5. The van der Waals surface area contributed by atoms with Gasteiger partial charge in [0.25, 0.3) is 0 Å². The molecule has 0 aromatic carbocycles. The Balaban J connectivity index is 2.34. The molecule has 1 aromatic heterocycles. The van der Waals surface area contributed by atoms with Crippen LogP contribution in [0, 0.1) is 0 Å². The lowest BCUT2D eigenvalue weighted by Gasteiger charge is -2.22. The lowest BCUT2D eigenvalue weighted by Crippen LogP contribution is -2.39. The van der Waals surface area contributed by atoms with Crippen molar-refractivity contribution in [3.63, 3.8) is 0 Å². The second-order valence-corrected chi connectivity index (χ2v) is 5.25. The van der Waals surface area contributed by atoms with Gasteiger partial charge in [0.2, 0.25) is 12.4 Å². The van der Waals surface area contributed by atoms with E-state index in [1.807, 2.05) is 6.92 Å². The molecule has 1 aliphatic heterocycles. The summed E-state index contributed by atoms with van der Waals surface area (Å²) in [5, 5.41) is 3.88. The van der Waals surface area contributed by atoms with Gasteiger partial charge in [-0.3, -0.25) is 14.4 Å². The lowest BCUT2D eigenvalue weighted by atomic mass is 10.1. The molecule has 1 fully saturated rings. The number of aromatic nitrogens is 1. The van der Waals surface area contributed by atoms with E-state index in [2.05, 4.69) is 5.16 Å². The highest BCUT2D eigenvalue weighted by molar-refractivity contribution is 5.68. The predicted molar refractivity (Wildman–Crippen MR) is 76.4 cm³/mol. The summed E-state index contributed by atoms with van der Waals surface area (Å²) in [7, 11) is 0. The van der Waals surface area contributed by atoms with E-state index in [9.17, 15) is 14.4 Å². The van der Waals surface area contributed by atoms with Crippen LogP contribution in [0.5, 0.6) is 0 Å². The van der Waals surface area contributed by atoms with Crippen molar-refractivity contribution in [2.45, 2.75) is 58.7 Å². The first-order chi connectivity index (χ1) is 11.3. The Kier molecular flexibility index (Phi) is 5.55. The summed E-state index contributed by atoms with van der Waals surface area (Å²) in [5.74, 6) is -1.26. The number of aryl methyl sites for hydroxylation is 1. The highest BCUT2D eigenvalue weighted by Crippen LogP contribution is 2.37. The number of nitrogens with zero attached hydrogens (tertiary/aromatic N) is 1. The lowest BCUT2D eigenvalue weighted by molar-refractivity contribution is -0.195. The van der Waals surface area contributed by atoms with Crippen molar-refractivity contribution in [1.29, 1.82) is 0 Å². The molecular formula is C15H19NO8. The Bertz CT molecular complexity index is 625. The molecule has 1 saturated heterocycles. The maximum atomic E-state index is 11.4. The Morgan fingerprint density at radius 3 is 2.12 bits per heavy atom.